The van der Waals surface area contributed by atoms with Crippen molar-refractivity contribution in [1.82, 2.24) is 20.0 Å². The number of methoxy groups -OCH3 is 2. The maximum absolute atomic E-state index is 13.2. The van der Waals surface area contributed by atoms with Gasteiger partial charge in [0, 0.05) is 31.4 Å². The van der Waals surface area contributed by atoms with E-state index >= 15 is 0 Å². The van der Waals surface area contributed by atoms with Crippen molar-refractivity contribution < 1.29 is 19.0 Å². The Labute approximate surface area is 194 Å². The molecule has 8 nitrogen and oxygen atoms in total. The summed E-state index contributed by atoms with van der Waals surface area (Å²) in [5.74, 6) is 1.06. The van der Waals surface area contributed by atoms with Crippen LogP contribution < -0.4 is 14.8 Å². The van der Waals surface area contributed by atoms with E-state index in [0.717, 1.165) is 50.5 Å². The van der Waals surface area contributed by atoms with Crippen molar-refractivity contribution in [2.75, 3.05) is 53.6 Å². The third-order valence-corrected chi connectivity index (χ3v) is 5.68. The summed E-state index contributed by atoms with van der Waals surface area (Å²) in [7, 11) is 3.18. The monoisotopic (exact) mass is 450 g/mol. The van der Waals surface area contributed by atoms with Crippen molar-refractivity contribution >= 4 is 5.91 Å². The quantitative estimate of drug-likeness (QED) is 0.505. The van der Waals surface area contributed by atoms with Crippen LogP contribution in [0.2, 0.25) is 0 Å². The van der Waals surface area contributed by atoms with Crippen molar-refractivity contribution in [2.45, 2.75) is 6.42 Å². The highest BCUT2D eigenvalue weighted by atomic mass is 16.5. The van der Waals surface area contributed by atoms with Gasteiger partial charge in [-0.05, 0) is 43.3 Å². The number of carbonyl (C=O) groups is 1. The summed E-state index contributed by atoms with van der Waals surface area (Å²) in [6, 6.07) is 15.3. The van der Waals surface area contributed by atoms with Gasteiger partial charge in [0.25, 0.3) is 5.91 Å². The van der Waals surface area contributed by atoms with E-state index in [9.17, 15) is 4.79 Å². The SMILES string of the molecule is COc1ccc(-c2nn(-c3ccccc3)cc2C(=O)NCCCN2CCOCC2)cc1OC. The second-order valence-corrected chi connectivity index (χ2v) is 7.80. The van der Waals surface area contributed by atoms with Gasteiger partial charge < -0.3 is 19.5 Å². The maximum Gasteiger partial charge on any atom is 0.255 e. The van der Waals surface area contributed by atoms with Crippen LogP contribution in [0.3, 0.4) is 0 Å². The number of aromatic nitrogens is 2. The average Bonchev–Trinajstić information content (AvgIpc) is 3.33. The fourth-order valence-electron chi connectivity index (χ4n) is 3.87. The van der Waals surface area contributed by atoms with Crippen molar-refractivity contribution in [2.24, 2.45) is 0 Å². The molecule has 0 atom stereocenters. The standard InChI is InChI=1S/C25H30N4O4/c1-31-22-10-9-19(17-23(22)32-2)24-21(18-29(27-24)20-7-4-3-5-8-20)25(30)26-11-6-12-28-13-15-33-16-14-28/h3-5,7-10,17-18H,6,11-16H2,1-2H3,(H,26,30). The minimum absolute atomic E-state index is 0.149. The Hall–Kier alpha value is -3.36. The summed E-state index contributed by atoms with van der Waals surface area (Å²) < 4.78 is 17.9. The zero-order valence-corrected chi connectivity index (χ0v) is 19.1. The van der Waals surface area contributed by atoms with Gasteiger partial charge in [-0.2, -0.15) is 5.10 Å². The molecular formula is C25H30N4O4. The van der Waals surface area contributed by atoms with Gasteiger partial charge in [-0.1, -0.05) is 18.2 Å². The molecule has 2 aromatic carbocycles. The van der Waals surface area contributed by atoms with Crippen molar-refractivity contribution in [3.05, 3.63) is 60.3 Å². The molecule has 1 aliphatic heterocycles. The van der Waals surface area contributed by atoms with E-state index in [1.54, 1.807) is 25.1 Å². The lowest BCUT2D eigenvalue weighted by Gasteiger charge is -2.26. The van der Waals surface area contributed by atoms with Gasteiger partial charge in [-0.15, -0.1) is 0 Å². The highest BCUT2D eigenvalue weighted by Gasteiger charge is 2.20. The van der Waals surface area contributed by atoms with E-state index in [1.165, 1.54) is 0 Å². The molecule has 0 saturated carbocycles. The zero-order valence-electron chi connectivity index (χ0n) is 19.1. The average molecular weight is 451 g/mol. The fraction of sp³-hybridized carbons (Fsp3) is 0.360. The number of amides is 1. The Morgan fingerprint density at radius 1 is 1.06 bits per heavy atom. The number of benzene rings is 2. The van der Waals surface area contributed by atoms with Crippen LogP contribution in [-0.4, -0.2) is 74.2 Å². The second-order valence-electron chi connectivity index (χ2n) is 7.80. The second kappa shape index (κ2) is 11.0. The van der Waals surface area contributed by atoms with Gasteiger partial charge in [0.15, 0.2) is 11.5 Å². The molecule has 8 heteroatoms. The molecule has 1 fully saturated rings. The highest BCUT2D eigenvalue weighted by molar-refractivity contribution is 6.00. The number of ether oxygens (including phenoxy) is 3. The summed E-state index contributed by atoms with van der Waals surface area (Å²) in [5.41, 5.74) is 2.76. The van der Waals surface area contributed by atoms with E-state index in [1.807, 2.05) is 48.5 Å². The molecular weight excluding hydrogens is 420 g/mol. The molecule has 2 heterocycles. The Morgan fingerprint density at radius 2 is 1.82 bits per heavy atom. The number of nitrogens with zero attached hydrogens (tertiary/aromatic N) is 3. The number of hydrogen-bond acceptors (Lipinski definition) is 6. The van der Waals surface area contributed by atoms with Gasteiger partial charge in [-0.3, -0.25) is 9.69 Å². The first-order valence-electron chi connectivity index (χ1n) is 11.2. The van der Waals surface area contributed by atoms with E-state index in [-0.39, 0.29) is 5.91 Å². The molecule has 174 valence electrons. The maximum atomic E-state index is 13.2. The molecule has 3 aromatic rings. The predicted molar refractivity (Wildman–Crippen MR) is 126 cm³/mol. The van der Waals surface area contributed by atoms with E-state index < -0.39 is 0 Å². The molecule has 1 aromatic heterocycles. The number of para-hydroxylation sites is 1. The lowest BCUT2D eigenvalue weighted by molar-refractivity contribution is 0.0374. The van der Waals surface area contributed by atoms with Gasteiger partial charge in [-0.25, -0.2) is 4.68 Å². The van der Waals surface area contributed by atoms with Crippen molar-refractivity contribution in [3.63, 3.8) is 0 Å². The summed E-state index contributed by atoms with van der Waals surface area (Å²) in [5, 5.41) is 7.80. The first-order valence-corrected chi connectivity index (χ1v) is 11.2. The van der Waals surface area contributed by atoms with Crippen LogP contribution >= 0.6 is 0 Å². The smallest absolute Gasteiger partial charge is 0.255 e. The molecule has 0 radical (unpaired) electrons. The molecule has 1 N–H and O–H groups in total. The van der Waals surface area contributed by atoms with Crippen LogP contribution in [0.25, 0.3) is 16.9 Å². The predicted octanol–water partition coefficient (Wildman–Crippen LogP) is 3.01. The first kappa shape index (κ1) is 22.8. The Balaban J connectivity index is 1.55. The molecule has 0 bridgehead atoms. The number of hydrogen-bond donors (Lipinski definition) is 1. The van der Waals surface area contributed by atoms with Crippen LogP contribution in [0, 0.1) is 0 Å². The highest BCUT2D eigenvalue weighted by Crippen LogP contribution is 2.33. The van der Waals surface area contributed by atoms with E-state index in [2.05, 4.69) is 10.2 Å². The van der Waals surface area contributed by atoms with Crippen LogP contribution in [0.15, 0.2) is 54.7 Å². The van der Waals surface area contributed by atoms with Crippen LogP contribution in [0.5, 0.6) is 11.5 Å². The topological polar surface area (TPSA) is 77.9 Å². The zero-order chi connectivity index (χ0) is 23.0. The third kappa shape index (κ3) is 5.53. The Bertz CT molecular complexity index is 1060. The van der Waals surface area contributed by atoms with E-state index in [4.69, 9.17) is 19.3 Å². The van der Waals surface area contributed by atoms with Crippen LogP contribution in [0.1, 0.15) is 16.8 Å². The van der Waals surface area contributed by atoms with Gasteiger partial charge in [0.1, 0.15) is 5.69 Å². The lowest BCUT2D eigenvalue weighted by atomic mass is 10.1. The number of nitrogens with one attached hydrogen (secondary N) is 1. The van der Waals surface area contributed by atoms with Crippen LogP contribution in [-0.2, 0) is 4.74 Å². The molecule has 1 aliphatic rings. The van der Waals surface area contributed by atoms with Crippen LogP contribution in [0.4, 0.5) is 0 Å². The molecule has 0 unspecified atom stereocenters. The minimum atomic E-state index is -0.149. The number of rotatable bonds is 9. The first-order chi connectivity index (χ1) is 16.2. The largest absolute Gasteiger partial charge is 0.493 e. The van der Waals surface area contributed by atoms with Gasteiger partial charge in [0.05, 0.1) is 38.7 Å². The number of carbonyl (C=O) groups excluding carboxylic acids is 1. The van der Waals surface area contributed by atoms with Crippen molar-refractivity contribution in [1.29, 1.82) is 0 Å². The summed E-state index contributed by atoms with van der Waals surface area (Å²) in [6.07, 6.45) is 2.66. The molecule has 0 aliphatic carbocycles. The summed E-state index contributed by atoms with van der Waals surface area (Å²) in [4.78, 5) is 15.5. The fourth-order valence-corrected chi connectivity index (χ4v) is 3.87. The van der Waals surface area contributed by atoms with E-state index in [0.29, 0.717) is 29.3 Å². The van der Waals surface area contributed by atoms with Crippen molar-refractivity contribution in [3.8, 4) is 28.4 Å². The third-order valence-electron chi connectivity index (χ3n) is 5.68. The normalized spacial score (nSPS) is 14.1. The molecule has 33 heavy (non-hydrogen) atoms. The molecule has 1 amide bonds. The Morgan fingerprint density at radius 3 is 2.55 bits per heavy atom. The molecule has 4 rings (SSSR count). The van der Waals surface area contributed by atoms with Gasteiger partial charge in [0.2, 0.25) is 0 Å². The Kier molecular flexibility index (Phi) is 7.59. The lowest BCUT2D eigenvalue weighted by Crippen LogP contribution is -2.38. The molecule has 0 spiro atoms. The summed E-state index contributed by atoms with van der Waals surface area (Å²) >= 11 is 0. The minimum Gasteiger partial charge on any atom is -0.493 e. The summed E-state index contributed by atoms with van der Waals surface area (Å²) in [6.45, 7) is 4.98. The van der Waals surface area contributed by atoms with Gasteiger partial charge >= 0.3 is 0 Å². The number of morpholine rings is 1. The molecule has 1 saturated heterocycles.